The van der Waals surface area contributed by atoms with Crippen molar-refractivity contribution in [2.45, 2.75) is 12.4 Å². The maximum absolute atomic E-state index is 13.2. The van der Waals surface area contributed by atoms with Crippen molar-refractivity contribution in [2.75, 3.05) is 14.2 Å². The molecule has 0 radical (unpaired) electrons. The molecule has 0 unspecified atom stereocenters. The van der Waals surface area contributed by atoms with Crippen molar-refractivity contribution in [3.8, 4) is 34.6 Å². The Morgan fingerprint density at radius 3 is 2.39 bits per heavy atom. The lowest BCUT2D eigenvalue weighted by Crippen LogP contribution is -2.22. The number of rotatable bonds is 10. The number of para-hydroxylation sites is 1. The van der Waals surface area contributed by atoms with Crippen molar-refractivity contribution in [2.24, 2.45) is 0 Å². The van der Waals surface area contributed by atoms with E-state index in [0.717, 1.165) is 11.9 Å². The molecule has 0 spiro atoms. The van der Waals surface area contributed by atoms with E-state index in [1.807, 2.05) is 0 Å². The molecule has 1 amide bonds. The fraction of sp³-hybridized carbons (Fsp3) is 0.182. The summed E-state index contributed by atoms with van der Waals surface area (Å²) in [5, 5.41) is 8.17. The molecule has 3 heterocycles. The van der Waals surface area contributed by atoms with E-state index in [9.17, 15) is 13.6 Å². The molecule has 36 heavy (non-hydrogen) atoms. The number of hydrogen-bond acceptors (Lipinski definition) is 10. The molecule has 4 rings (SSSR count). The largest absolute Gasteiger partial charge is 0.494 e. The zero-order valence-electron chi connectivity index (χ0n) is 19.0. The molecule has 0 bridgehead atoms. The maximum Gasteiger partial charge on any atom is 0.388 e. The average molecular weight is 516 g/mol. The molecule has 4 aromatic rings. The molecule has 0 atom stereocenters. The third-order valence-corrected chi connectivity index (χ3v) is 5.37. The minimum atomic E-state index is -3.06. The van der Waals surface area contributed by atoms with Gasteiger partial charge in [-0.2, -0.15) is 8.78 Å². The van der Waals surface area contributed by atoms with Crippen LogP contribution in [-0.4, -0.2) is 56.5 Å². The van der Waals surface area contributed by atoms with Crippen LogP contribution in [0.25, 0.3) is 17.2 Å². The monoisotopic (exact) mass is 515 g/mol. The summed E-state index contributed by atoms with van der Waals surface area (Å²) in [7, 11) is 2.90. The standard InChI is InChI=1S/C22H19F2N7O4S/c1-33-14-7-4-8-15(34-2)18(14)31-19(13-6-3-9-17(27-13)35-22(23)24)28-29-20(31)21(32)30-36-12-16-25-10-5-11-26-16/h3-11,22H,12H2,1-2H3,(H,30,32). The highest BCUT2D eigenvalue weighted by molar-refractivity contribution is 7.97. The van der Waals surface area contributed by atoms with Crippen LogP contribution in [0, 0.1) is 0 Å². The SMILES string of the molecule is COc1cccc(OC)c1-n1c(C(=O)NSCc2ncccn2)nnc1-c1cccc(OC(F)F)n1. The molecule has 0 aliphatic carbocycles. The second-order valence-corrected chi connectivity index (χ2v) is 7.60. The Balaban J connectivity index is 1.77. The van der Waals surface area contributed by atoms with E-state index < -0.39 is 12.5 Å². The first-order valence-electron chi connectivity index (χ1n) is 10.3. The van der Waals surface area contributed by atoms with Crippen molar-refractivity contribution in [1.29, 1.82) is 0 Å². The number of amides is 1. The van der Waals surface area contributed by atoms with Gasteiger partial charge in [0.05, 0.1) is 20.0 Å². The van der Waals surface area contributed by atoms with Gasteiger partial charge in [0.1, 0.15) is 28.7 Å². The second-order valence-electron chi connectivity index (χ2n) is 6.82. The number of benzene rings is 1. The minimum absolute atomic E-state index is 0.0686. The highest BCUT2D eigenvalue weighted by atomic mass is 32.2. The molecule has 3 aromatic heterocycles. The predicted molar refractivity (Wildman–Crippen MR) is 125 cm³/mol. The van der Waals surface area contributed by atoms with Gasteiger partial charge in [-0.1, -0.05) is 12.1 Å². The number of hydrogen-bond donors (Lipinski definition) is 1. The third kappa shape index (κ3) is 5.49. The van der Waals surface area contributed by atoms with Crippen LogP contribution < -0.4 is 18.9 Å². The first-order chi connectivity index (χ1) is 17.5. The summed E-state index contributed by atoms with van der Waals surface area (Å²) in [6.45, 7) is -3.06. The van der Waals surface area contributed by atoms with Gasteiger partial charge in [0.2, 0.25) is 11.7 Å². The first-order valence-corrected chi connectivity index (χ1v) is 11.3. The van der Waals surface area contributed by atoms with Gasteiger partial charge in [-0.15, -0.1) is 10.2 Å². The molecule has 0 fully saturated rings. The fourth-order valence-electron chi connectivity index (χ4n) is 3.17. The summed E-state index contributed by atoms with van der Waals surface area (Å²) in [5.74, 6) is 0.535. The summed E-state index contributed by atoms with van der Waals surface area (Å²) in [4.78, 5) is 25.5. The van der Waals surface area contributed by atoms with Crippen molar-refractivity contribution in [3.05, 3.63) is 66.5 Å². The zero-order chi connectivity index (χ0) is 25.5. The zero-order valence-corrected chi connectivity index (χ0v) is 19.8. The number of nitrogens with one attached hydrogen (secondary N) is 1. The summed E-state index contributed by atoms with van der Waals surface area (Å²) in [6.07, 6.45) is 3.20. The van der Waals surface area contributed by atoms with Crippen molar-refractivity contribution >= 4 is 17.9 Å². The number of methoxy groups -OCH3 is 2. The smallest absolute Gasteiger partial charge is 0.388 e. The number of alkyl halides is 2. The van der Waals surface area contributed by atoms with Gasteiger partial charge in [0.15, 0.2) is 5.82 Å². The van der Waals surface area contributed by atoms with Crippen molar-refractivity contribution < 1.29 is 27.8 Å². The van der Waals surface area contributed by atoms with E-state index in [1.165, 1.54) is 37.0 Å². The van der Waals surface area contributed by atoms with Gasteiger partial charge in [-0.05, 0) is 36.2 Å². The Kier molecular flexibility index (Phi) is 7.85. The number of carbonyl (C=O) groups is 1. The van der Waals surface area contributed by atoms with Crippen LogP contribution in [-0.2, 0) is 5.75 Å². The van der Waals surface area contributed by atoms with Crippen LogP contribution in [0.4, 0.5) is 8.78 Å². The predicted octanol–water partition coefficient (Wildman–Crippen LogP) is 3.32. The molecular weight excluding hydrogens is 496 g/mol. The van der Waals surface area contributed by atoms with E-state index >= 15 is 0 Å². The van der Waals surface area contributed by atoms with Crippen LogP contribution in [0.3, 0.4) is 0 Å². The molecular formula is C22H19F2N7O4S. The number of ether oxygens (including phenoxy) is 3. The van der Waals surface area contributed by atoms with Crippen LogP contribution in [0.2, 0.25) is 0 Å². The number of aromatic nitrogens is 6. The summed E-state index contributed by atoms with van der Waals surface area (Å²) >= 11 is 1.06. The molecule has 11 nitrogen and oxygen atoms in total. The van der Waals surface area contributed by atoms with Crippen molar-refractivity contribution in [3.63, 3.8) is 0 Å². The number of pyridine rings is 1. The number of nitrogens with zero attached hydrogens (tertiary/aromatic N) is 6. The fourth-order valence-corrected chi connectivity index (χ4v) is 3.75. The van der Waals surface area contributed by atoms with E-state index in [0.29, 0.717) is 28.8 Å². The molecule has 186 valence electrons. The van der Waals surface area contributed by atoms with Crippen LogP contribution >= 0.6 is 11.9 Å². The van der Waals surface area contributed by atoms with E-state index in [2.05, 4.69) is 34.6 Å². The lowest BCUT2D eigenvalue weighted by atomic mass is 10.2. The van der Waals surface area contributed by atoms with Gasteiger partial charge < -0.3 is 14.2 Å². The quantitative estimate of drug-likeness (QED) is 0.314. The highest BCUT2D eigenvalue weighted by Crippen LogP contribution is 2.36. The lowest BCUT2D eigenvalue weighted by molar-refractivity contribution is -0.0527. The molecule has 1 N–H and O–H groups in total. The second kappa shape index (κ2) is 11.4. The van der Waals surface area contributed by atoms with Gasteiger partial charge in [-0.3, -0.25) is 14.1 Å². The molecule has 0 saturated carbocycles. The lowest BCUT2D eigenvalue weighted by Gasteiger charge is -2.17. The topological polar surface area (TPSA) is 126 Å². The normalized spacial score (nSPS) is 10.8. The molecule has 0 aliphatic rings. The Hall–Kier alpha value is -4.33. The Bertz CT molecular complexity index is 1320. The summed E-state index contributed by atoms with van der Waals surface area (Å²) in [5.41, 5.74) is 0.434. The van der Waals surface area contributed by atoms with Gasteiger partial charge in [-0.25, -0.2) is 15.0 Å². The highest BCUT2D eigenvalue weighted by Gasteiger charge is 2.27. The molecule has 0 aliphatic heterocycles. The Morgan fingerprint density at radius 2 is 1.72 bits per heavy atom. The Morgan fingerprint density at radius 1 is 1.03 bits per heavy atom. The van der Waals surface area contributed by atoms with Crippen LogP contribution in [0.5, 0.6) is 17.4 Å². The number of halogens is 2. The Labute approximate surface area is 208 Å². The van der Waals surface area contributed by atoms with Crippen LogP contribution in [0.1, 0.15) is 16.4 Å². The van der Waals surface area contributed by atoms with Gasteiger partial charge >= 0.3 is 6.61 Å². The van der Waals surface area contributed by atoms with Crippen LogP contribution in [0.15, 0.2) is 54.9 Å². The first kappa shape index (κ1) is 24.8. The summed E-state index contributed by atoms with van der Waals surface area (Å²) < 4.78 is 45.0. The molecule has 1 aromatic carbocycles. The van der Waals surface area contributed by atoms with Crippen molar-refractivity contribution in [1.82, 2.24) is 34.4 Å². The van der Waals surface area contributed by atoms with Gasteiger partial charge in [0, 0.05) is 18.5 Å². The third-order valence-electron chi connectivity index (χ3n) is 4.64. The number of carbonyl (C=O) groups excluding carboxylic acids is 1. The maximum atomic E-state index is 13.2. The minimum Gasteiger partial charge on any atom is -0.494 e. The summed E-state index contributed by atoms with van der Waals surface area (Å²) in [6, 6.07) is 11.0. The average Bonchev–Trinajstić information content (AvgIpc) is 3.33. The van der Waals surface area contributed by atoms with E-state index in [4.69, 9.17) is 9.47 Å². The molecule has 0 saturated heterocycles. The van der Waals surface area contributed by atoms with Gasteiger partial charge in [0.25, 0.3) is 5.91 Å². The van der Waals surface area contributed by atoms with E-state index in [-0.39, 0.29) is 23.2 Å². The van der Waals surface area contributed by atoms with E-state index in [1.54, 1.807) is 36.7 Å². The molecule has 14 heteroatoms.